The van der Waals surface area contributed by atoms with E-state index in [9.17, 15) is 4.79 Å². The van der Waals surface area contributed by atoms with Gasteiger partial charge in [-0.3, -0.25) is 0 Å². The lowest BCUT2D eigenvalue weighted by Crippen LogP contribution is -2.28. The van der Waals surface area contributed by atoms with Crippen LogP contribution in [0.15, 0.2) is 35.9 Å². The summed E-state index contributed by atoms with van der Waals surface area (Å²) in [7, 11) is 0. The Hall–Kier alpha value is -2.03. The summed E-state index contributed by atoms with van der Waals surface area (Å²) < 4.78 is 0. The molecule has 0 bridgehead atoms. The third-order valence-corrected chi connectivity index (χ3v) is 3.46. The summed E-state index contributed by atoms with van der Waals surface area (Å²) in [5, 5.41) is 8.65. The summed E-state index contributed by atoms with van der Waals surface area (Å²) in [6.45, 7) is 6.18. The number of benzene rings is 1. The number of aryl methyl sites for hydroxylation is 1. The molecule has 1 N–H and O–H groups in total. The van der Waals surface area contributed by atoms with Crippen molar-refractivity contribution >= 4 is 17.7 Å². The molecule has 0 amide bonds. The molecule has 100 valence electrons. The third-order valence-electron chi connectivity index (χ3n) is 3.46. The second-order valence-electron chi connectivity index (χ2n) is 4.96. The summed E-state index contributed by atoms with van der Waals surface area (Å²) in [6.07, 6.45) is 6.19. The summed E-state index contributed by atoms with van der Waals surface area (Å²) in [5.41, 5.74) is 4.71. The molecule has 2 rings (SSSR count). The number of aliphatic carboxylic acids is 1. The van der Waals surface area contributed by atoms with Crippen LogP contribution in [0.3, 0.4) is 0 Å². The van der Waals surface area contributed by atoms with Crippen LogP contribution in [0, 0.1) is 6.92 Å². The zero-order valence-electron chi connectivity index (χ0n) is 11.4. The summed E-state index contributed by atoms with van der Waals surface area (Å²) in [5.74, 6) is -0.917. The molecule has 1 heterocycles. The van der Waals surface area contributed by atoms with Crippen LogP contribution in [0.4, 0.5) is 5.69 Å². The monoisotopic (exact) mass is 257 g/mol. The first-order valence-corrected chi connectivity index (χ1v) is 6.48. The lowest BCUT2D eigenvalue weighted by molar-refractivity contribution is -0.131. The molecule has 0 unspecified atom stereocenters. The average Bonchev–Trinajstić information content (AvgIpc) is 2.38. The van der Waals surface area contributed by atoms with E-state index in [-0.39, 0.29) is 0 Å². The maximum atomic E-state index is 10.5. The highest BCUT2D eigenvalue weighted by molar-refractivity contribution is 5.85. The van der Waals surface area contributed by atoms with E-state index < -0.39 is 5.97 Å². The highest BCUT2D eigenvalue weighted by atomic mass is 16.4. The normalized spacial score (nSPS) is 15.7. The molecule has 3 nitrogen and oxygen atoms in total. The molecule has 0 spiro atoms. The Bertz CT molecular complexity index is 544. The van der Waals surface area contributed by atoms with Crippen molar-refractivity contribution < 1.29 is 9.90 Å². The van der Waals surface area contributed by atoms with Gasteiger partial charge >= 0.3 is 5.97 Å². The van der Waals surface area contributed by atoms with E-state index in [1.807, 2.05) is 13.0 Å². The van der Waals surface area contributed by atoms with E-state index in [0.29, 0.717) is 0 Å². The fourth-order valence-corrected chi connectivity index (χ4v) is 2.21. The molecule has 1 aromatic rings. The second kappa shape index (κ2) is 5.74. The van der Waals surface area contributed by atoms with Crippen LogP contribution in [0.25, 0.3) is 6.08 Å². The number of carboxylic acids is 1. The van der Waals surface area contributed by atoms with Gasteiger partial charge in [-0.1, -0.05) is 17.7 Å². The summed E-state index contributed by atoms with van der Waals surface area (Å²) in [4.78, 5) is 12.9. The van der Waals surface area contributed by atoms with Crippen LogP contribution in [-0.2, 0) is 4.79 Å². The van der Waals surface area contributed by atoms with Gasteiger partial charge in [0.2, 0.25) is 0 Å². The molecule has 0 atom stereocenters. The highest BCUT2D eigenvalue weighted by Crippen LogP contribution is 2.23. The molecule has 0 saturated heterocycles. The van der Waals surface area contributed by atoms with Crippen LogP contribution in [-0.4, -0.2) is 24.2 Å². The first-order chi connectivity index (χ1) is 9.06. The number of anilines is 1. The van der Waals surface area contributed by atoms with Crippen LogP contribution in [0.1, 0.15) is 24.5 Å². The van der Waals surface area contributed by atoms with E-state index >= 15 is 0 Å². The van der Waals surface area contributed by atoms with Crippen molar-refractivity contribution in [2.24, 2.45) is 0 Å². The SMILES string of the molecule is CC1=CCN(c2ccc(/C=C/C(=O)O)c(C)c2)CC1. The minimum absolute atomic E-state index is 0.917. The van der Waals surface area contributed by atoms with E-state index in [1.165, 1.54) is 17.3 Å². The van der Waals surface area contributed by atoms with Gasteiger partial charge < -0.3 is 10.0 Å². The summed E-state index contributed by atoms with van der Waals surface area (Å²) in [6, 6.07) is 6.16. The van der Waals surface area contributed by atoms with Crippen molar-refractivity contribution in [2.75, 3.05) is 18.0 Å². The predicted octanol–water partition coefficient (Wildman–Crippen LogP) is 3.25. The molecule has 0 aliphatic carbocycles. The number of carboxylic acid groups (broad SMARTS) is 1. The average molecular weight is 257 g/mol. The van der Waals surface area contributed by atoms with Gasteiger partial charge in [-0.15, -0.1) is 0 Å². The number of nitrogens with zero attached hydrogens (tertiary/aromatic N) is 1. The second-order valence-corrected chi connectivity index (χ2v) is 4.96. The minimum Gasteiger partial charge on any atom is -0.478 e. The Balaban J connectivity index is 2.17. The number of hydrogen-bond acceptors (Lipinski definition) is 2. The fourth-order valence-electron chi connectivity index (χ4n) is 2.21. The van der Waals surface area contributed by atoms with Gasteiger partial charge in [0.25, 0.3) is 0 Å². The predicted molar refractivity (Wildman–Crippen MR) is 78.4 cm³/mol. The molecule has 1 aromatic carbocycles. The maximum Gasteiger partial charge on any atom is 0.328 e. The van der Waals surface area contributed by atoms with Gasteiger partial charge in [0.05, 0.1) is 0 Å². The van der Waals surface area contributed by atoms with E-state index in [4.69, 9.17) is 5.11 Å². The van der Waals surface area contributed by atoms with Gasteiger partial charge in [-0.05, 0) is 49.6 Å². The molecule has 3 heteroatoms. The Morgan fingerprint density at radius 1 is 1.37 bits per heavy atom. The Labute approximate surface area is 113 Å². The van der Waals surface area contributed by atoms with Gasteiger partial charge in [0.1, 0.15) is 0 Å². The maximum absolute atomic E-state index is 10.5. The molecule has 0 radical (unpaired) electrons. The van der Waals surface area contributed by atoms with E-state index in [1.54, 1.807) is 6.08 Å². The first-order valence-electron chi connectivity index (χ1n) is 6.48. The van der Waals surface area contributed by atoms with E-state index in [2.05, 4.69) is 30.0 Å². The van der Waals surface area contributed by atoms with Crippen molar-refractivity contribution in [1.29, 1.82) is 0 Å². The Kier molecular flexibility index (Phi) is 4.05. The third kappa shape index (κ3) is 3.47. The Morgan fingerprint density at radius 3 is 2.74 bits per heavy atom. The molecular weight excluding hydrogens is 238 g/mol. The highest BCUT2D eigenvalue weighted by Gasteiger charge is 2.10. The fraction of sp³-hybridized carbons (Fsp3) is 0.312. The molecule has 19 heavy (non-hydrogen) atoms. The zero-order chi connectivity index (χ0) is 13.8. The minimum atomic E-state index is -0.917. The van der Waals surface area contributed by atoms with Gasteiger partial charge in [0, 0.05) is 24.9 Å². The molecule has 0 aromatic heterocycles. The van der Waals surface area contributed by atoms with Gasteiger partial charge in [0.15, 0.2) is 0 Å². The number of rotatable bonds is 3. The zero-order valence-corrected chi connectivity index (χ0v) is 11.4. The van der Waals surface area contributed by atoms with Crippen LogP contribution in [0.5, 0.6) is 0 Å². The smallest absolute Gasteiger partial charge is 0.328 e. The lowest BCUT2D eigenvalue weighted by atomic mass is 10.0. The molecule has 1 aliphatic rings. The molecule has 0 saturated carbocycles. The van der Waals surface area contributed by atoms with Gasteiger partial charge in [-0.25, -0.2) is 4.79 Å². The number of hydrogen-bond donors (Lipinski definition) is 1. The Morgan fingerprint density at radius 2 is 2.16 bits per heavy atom. The molecule has 0 fully saturated rings. The van der Waals surface area contributed by atoms with Crippen LogP contribution < -0.4 is 4.90 Å². The lowest BCUT2D eigenvalue weighted by Gasteiger charge is -2.28. The van der Waals surface area contributed by atoms with Crippen molar-refractivity contribution in [3.05, 3.63) is 47.1 Å². The largest absolute Gasteiger partial charge is 0.478 e. The molecule has 1 aliphatic heterocycles. The standard InChI is InChI=1S/C16H19NO2/c1-12-7-9-17(10-8-12)15-5-3-14(13(2)11-15)4-6-16(18)19/h3-7,11H,8-10H2,1-2H3,(H,18,19)/b6-4+. The van der Waals surface area contributed by atoms with Crippen molar-refractivity contribution in [2.45, 2.75) is 20.3 Å². The van der Waals surface area contributed by atoms with Crippen molar-refractivity contribution in [1.82, 2.24) is 0 Å². The van der Waals surface area contributed by atoms with Gasteiger partial charge in [-0.2, -0.15) is 0 Å². The van der Waals surface area contributed by atoms with Crippen LogP contribution >= 0.6 is 0 Å². The quantitative estimate of drug-likeness (QED) is 0.667. The molecular formula is C16H19NO2. The van der Waals surface area contributed by atoms with Crippen molar-refractivity contribution in [3.8, 4) is 0 Å². The first kappa shape index (κ1) is 13.4. The van der Waals surface area contributed by atoms with E-state index in [0.717, 1.165) is 30.6 Å². The summed E-state index contributed by atoms with van der Waals surface area (Å²) >= 11 is 0. The topological polar surface area (TPSA) is 40.5 Å². The number of carbonyl (C=O) groups is 1. The van der Waals surface area contributed by atoms with Crippen LogP contribution in [0.2, 0.25) is 0 Å². The van der Waals surface area contributed by atoms with Crippen molar-refractivity contribution in [3.63, 3.8) is 0 Å².